The van der Waals surface area contributed by atoms with Gasteiger partial charge in [-0.2, -0.15) is 0 Å². The van der Waals surface area contributed by atoms with Crippen molar-refractivity contribution in [1.29, 1.82) is 0 Å². The summed E-state index contributed by atoms with van der Waals surface area (Å²) in [5.41, 5.74) is 8.40. The van der Waals surface area contributed by atoms with E-state index in [1.54, 1.807) is 34.1 Å². The molecule has 3 aromatic carbocycles. The number of rotatable bonds is 4. The molecule has 0 atom stereocenters. The van der Waals surface area contributed by atoms with E-state index in [0.29, 0.717) is 44.6 Å². The number of amides is 3. The number of hydrogen-bond donors (Lipinski definition) is 2. The van der Waals surface area contributed by atoms with E-state index in [4.69, 9.17) is 10.5 Å². The second kappa shape index (κ2) is 11.3. The lowest BCUT2D eigenvalue weighted by molar-refractivity contribution is 0.0120. The molecule has 2 N–H and O–H groups in total. The molecular formula is C28H29N3O4S. The molecule has 0 saturated carbocycles. The summed E-state index contributed by atoms with van der Waals surface area (Å²) in [6, 6.07) is 27.1. The number of nitrogens with zero attached hydrogens (tertiary/aromatic N) is 2. The minimum absolute atomic E-state index is 0.220. The fourth-order valence-corrected chi connectivity index (χ4v) is 4.75. The van der Waals surface area contributed by atoms with Crippen LogP contribution in [0.5, 0.6) is 0 Å². The average Bonchev–Trinajstić information content (AvgIpc) is 3.19. The molecule has 1 spiro atoms. The molecule has 0 aromatic heterocycles. The Morgan fingerprint density at radius 1 is 0.889 bits per heavy atom. The third-order valence-corrected chi connectivity index (χ3v) is 6.79. The maximum atomic E-state index is 12.5. The van der Waals surface area contributed by atoms with Crippen LogP contribution in [-0.4, -0.2) is 52.3 Å². The summed E-state index contributed by atoms with van der Waals surface area (Å²) in [6.45, 7) is 2.22. The van der Waals surface area contributed by atoms with Crippen LogP contribution in [0, 0.1) is 0 Å². The Morgan fingerprint density at radius 3 is 2.06 bits per heavy atom. The molecular weight excluding hydrogens is 474 g/mol. The molecule has 2 aliphatic heterocycles. The molecule has 0 radical (unpaired) electrons. The van der Waals surface area contributed by atoms with Gasteiger partial charge in [0.2, 0.25) is 5.91 Å². The van der Waals surface area contributed by atoms with Gasteiger partial charge in [0.25, 0.3) is 5.24 Å². The summed E-state index contributed by atoms with van der Waals surface area (Å²) >= 11 is 3.89. The SMILES string of the molecule is NC(=O)c1ccccc1.O=C(S)N1CCC2(CC1)CN(Cc1ccccc1-c1ccccc1)C(=O)O2. The Balaban J connectivity index is 0.000000286. The Bertz CT molecular complexity index is 1210. The highest BCUT2D eigenvalue weighted by molar-refractivity contribution is 7.96. The van der Waals surface area contributed by atoms with Crippen LogP contribution in [0.1, 0.15) is 28.8 Å². The molecule has 0 aliphatic carbocycles. The van der Waals surface area contributed by atoms with E-state index >= 15 is 0 Å². The molecule has 8 heteroatoms. The smallest absolute Gasteiger partial charge is 0.410 e. The van der Waals surface area contributed by atoms with Gasteiger partial charge in [-0.05, 0) is 28.8 Å². The molecule has 2 aliphatic rings. The van der Waals surface area contributed by atoms with E-state index in [0.717, 1.165) is 16.7 Å². The largest absolute Gasteiger partial charge is 0.441 e. The quantitative estimate of drug-likeness (QED) is 0.492. The number of carbonyl (C=O) groups is 3. The van der Waals surface area contributed by atoms with Crippen LogP contribution in [-0.2, 0) is 11.3 Å². The van der Waals surface area contributed by atoms with Gasteiger partial charge in [-0.25, -0.2) is 4.79 Å². The van der Waals surface area contributed by atoms with Crippen molar-refractivity contribution in [2.75, 3.05) is 19.6 Å². The Morgan fingerprint density at radius 2 is 1.47 bits per heavy atom. The number of primary amides is 1. The molecule has 5 rings (SSSR count). The molecule has 2 fully saturated rings. The lowest BCUT2D eigenvalue weighted by atomic mass is 9.91. The zero-order chi connectivity index (χ0) is 25.5. The van der Waals surface area contributed by atoms with Crippen LogP contribution in [0.3, 0.4) is 0 Å². The fraction of sp³-hybridized carbons (Fsp3) is 0.250. The molecule has 186 valence electrons. The number of likely N-dealkylation sites (tertiary alicyclic amines) is 1. The van der Waals surface area contributed by atoms with Crippen molar-refractivity contribution in [2.24, 2.45) is 5.73 Å². The van der Waals surface area contributed by atoms with Crippen LogP contribution >= 0.6 is 12.6 Å². The van der Waals surface area contributed by atoms with Gasteiger partial charge < -0.3 is 15.4 Å². The highest BCUT2D eigenvalue weighted by Gasteiger charge is 2.47. The van der Waals surface area contributed by atoms with Crippen molar-refractivity contribution in [1.82, 2.24) is 9.80 Å². The second-order valence-corrected chi connectivity index (χ2v) is 9.31. The topological polar surface area (TPSA) is 92.9 Å². The van der Waals surface area contributed by atoms with Gasteiger partial charge in [0.05, 0.1) is 6.54 Å². The van der Waals surface area contributed by atoms with Gasteiger partial charge in [-0.1, -0.05) is 85.4 Å². The van der Waals surface area contributed by atoms with Crippen molar-refractivity contribution < 1.29 is 19.1 Å². The van der Waals surface area contributed by atoms with Crippen LogP contribution < -0.4 is 5.73 Å². The molecule has 3 amide bonds. The molecule has 2 heterocycles. The zero-order valence-electron chi connectivity index (χ0n) is 19.9. The van der Waals surface area contributed by atoms with Crippen molar-refractivity contribution in [3.05, 3.63) is 96.1 Å². The van der Waals surface area contributed by atoms with E-state index in [9.17, 15) is 14.4 Å². The van der Waals surface area contributed by atoms with Gasteiger partial charge in [0.1, 0.15) is 5.60 Å². The van der Waals surface area contributed by atoms with E-state index in [2.05, 4.69) is 36.9 Å². The molecule has 3 aromatic rings. The van der Waals surface area contributed by atoms with Crippen LogP contribution in [0.4, 0.5) is 9.59 Å². The first-order chi connectivity index (χ1) is 17.4. The third-order valence-electron chi connectivity index (χ3n) is 6.51. The van der Waals surface area contributed by atoms with E-state index in [1.165, 1.54) is 0 Å². The van der Waals surface area contributed by atoms with Crippen LogP contribution in [0.15, 0.2) is 84.9 Å². The predicted octanol–water partition coefficient (Wildman–Crippen LogP) is 4.98. The van der Waals surface area contributed by atoms with Gasteiger partial charge in [0.15, 0.2) is 0 Å². The standard InChI is InChI=1S/C21H22N2O3S.C7H7NO/c24-19-23(15-21(26-19)10-12-22(13-11-21)20(25)27)14-17-8-4-5-9-18(17)16-6-2-1-3-7-16;8-7(9)6-4-2-1-3-5-6/h1-9H,10-15H2,(H,25,27);1-5H,(H2,8,9). The maximum Gasteiger partial charge on any atom is 0.410 e. The molecule has 0 unspecified atom stereocenters. The normalized spacial score (nSPS) is 16.2. The molecule has 7 nitrogen and oxygen atoms in total. The van der Waals surface area contributed by atoms with Gasteiger partial charge in [-0.15, -0.1) is 0 Å². The monoisotopic (exact) mass is 503 g/mol. The minimum atomic E-state index is -0.488. The lowest BCUT2D eigenvalue weighted by Crippen LogP contribution is -2.47. The summed E-state index contributed by atoms with van der Waals surface area (Å²) in [6.07, 6.45) is 1.03. The lowest BCUT2D eigenvalue weighted by Gasteiger charge is -2.36. The summed E-state index contributed by atoms with van der Waals surface area (Å²) in [4.78, 5) is 37.8. The van der Waals surface area contributed by atoms with Gasteiger partial charge >= 0.3 is 6.09 Å². The van der Waals surface area contributed by atoms with E-state index < -0.39 is 5.60 Å². The third kappa shape index (κ3) is 6.07. The number of piperidine rings is 1. The average molecular weight is 504 g/mol. The van der Waals surface area contributed by atoms with E-state index in [1.807, 2.05) is 36.4 Å². The van der Waals surface area contributed by atoms with Gasteiger partial charge in [0, 0.05) is 38.0 Å². The Kier molecular flexibility index (Phi) is 7.95. The fourth-order valence-electron chi connectivity index (χ4n) is 4.55. The minimum Gasteiger partial charge on any atom is -0.441 e. The highest BCUT2D eigenvalue weighted by Crippen LogP contribution is 2.35. The second-order valence-electron chi connectivity index (χ2n) is 8.93. The van der Waals surface area contributed by atoms with Crippen molar-refractivity contribution >= 4 is 29.9 Å². The maximum absolute atomic E-state index is 12.5. The first-order valence-corrected chi connectivity index (χ1v) is 12.3. The molecule has 2 saturated heterocycles. The summed E-state index contributed by atoms with van der Waals surface area (Å²) < 4.78 is 5.77. The number of ether oxygens (including phenoxy) is 1. The number of thiol groups is 1. The van der Waals surface area contributed by atoms with Crippen LogP contribution in [0.2, 0.25) is 0 Å². The number of nitrogens with two attached hydrogens (primary N) is 1. The molecule has 36 heavy (non-hydrogen) atoms. The number of carbonyl (C=O) groups excluding carboxylic acids is 3. The molecule has 0 bridgehead atoms. The van der Waals surface area contributed by atoms with Crippen molar-refractivity contribution in [3.8, 4) is 11.1 Å². The van der Waals surface area contributed by atoms with Gasteiger partial charge in [-0.3, -0.25) is 14.5 Å². The summed E-state index contributed by atoms with van der Waals surface area (Å²) in [5, 5.41) is -0.220. The summed E-state index contributed by atoms with van der Waals surface area (Å²) in [5.74, 6) is -0.379. The van der Waals surface area contributed by atoms with Crippen LogP contribution in [0.25, 0.3) is 11.1 Å². The van der Waals surface area contributed by atoms with Crippen molar-refractivity contribution in [2.45, 2.75) is 25.0 Å². The van der Waals surface area contributed by atoms with Crippen molar-refractivity contribution in [3.63, 3.8) is 0 Å². The predicted molar refractivity (Wildman–Crippen MR) is 142 cm³/mol. The highest BCUT2D eigenvalue weighted by atomic mass is 32.1. The summed E-state index contributed by atoms with van der Waals surface area (Å²) in [7, 11) is 0. The first-order valence-electron chi connectivity index (χ1n) is 11.8. The number of hydrogen-bond acceptors (Lipinski definition) is 4. The zero-order valence-corrected chi connectivity index (χ0v) is 20.8. The number of benzene rings is 3. The Hall–Kier alpha value is -3.78. The first kappa shape index (κ1) is 25.3. The Labute approximate surface area is 216 Å². The van der Waals surface area contributed by atoms with E-state index in [-0.39, 0.29) is 17.2 Å².